The molecule has 0 aromatic carbocycles. The van der Waals surface area contributed by atoms with E-state index >= 15 is 0 Å². The van der Waals surface area contributed by atoms with Crippen molar-refractivity contribution in [3.05, 3.63) is 0 Å². The van der Waals surface area contributed by atoms with Gasteiger partial charge < -0.3 is 20.5 Å². The molecule has 1 saturated carbocycles. The first-order chi connectivity index (χ1) is 8.77. The topological polar surface area (TPSA) is 73.6 Å². The summed E-state index contributed by atoms with van der Waals surface area (Å²) in [6.45, 7) is 3.66. The average Bonchev–Trinajstić information content (AvgIpc) is 3.23. The molecule has 1 aliphatic heterocycles. The second-order valence-corrected chi connectivity index (χ2v) is 5.37. The number of rotatable bonds is 7. The van der Waals surface area contributed by atoms with Crippen LogP contribution in [-0.4, -0.2) is 45.4 Å². The average molecular weight is 256 g/mol. The highest BCUT2D eigenvalue weighted by molar-refractivity contribution is 5.83. The van der Waals surface area contributed by atoms with Crippen LogP contribution in [0.1, 0.15) is 25.7 Å². The van der Waals surface area contributed by atoms with Gasteiger partial charge >= 0.3 is 0 Å². The van der Waals surface area contributed by atoms with E-state index in [2.05, 4.69) is 5.32 Å². The Labute approximate surface area is 108 Å². The van der Waals surface area contributed by atoms with Crippen molar-refractivity contribution >= 4 is 5.91 Å². The summed E-state index contributed by atoms with van der Waals surface area (Å²) >= 11 is 0. The van der Waals surface area contributed by atoms with Crippen LogP contribution < -0.4 is 11.1 Å². The van der Waals surface area contributed by atoms with Crippen molar-refractivity contribution in [3.8, 4) is 0 Å². The molecule has 1 heterocycles. The minimum absolute atomic E-state index is 0.0586. The monoisotopic (exact) mass is 256 g/mol. The summed E-state index contributed by atoms with van der Waals surface area (Å²) in [6, 6.07) is 0. The molecule has 18 heavy (non-hydrogen) atoms. The first-order valence-corrected chi connectivity index (χ1v) is 6.91. The predicted molar refractivity (Wildman–Crippen MR) is 68.1 cm³/mol. The number of ether oxygens (including phenoxy) is 2. The third kappa shape index (κ3) is 3.67. The summed E-state index contributed by atoms with van der Waals surface area (Å²) in [7, 11) is 0. The molecule has 2 aliphatic rings. The smallest absolute Gasteiger partial charge is 0.227 e. The van der Waals surface area contributed by atoms with Crippen molar-refractivity contribution < 1.29 is 14.3 Å². The van der Waals surface area contributed by atoms with Crippen molar-refractivity contribution in [1.29, 1.82) is 0 Å². The van der Waals surface area contributed by atoms with Gasteiger partial charge in [0.15, 0.2) is 0 Å². The van der Waals surface area contributed by atoms with E-state index in [-0.39, 0.29) is 5.91 Å². The minimum Gasteiger partial charge on any atom is -0.381 e. The molecule has 3 N–H and O–H groups in total. The van der Waals surface area contributed by atoms with E-state index in [0.717, 1.165) is 25.4 Å². The molecule has 1 saturated heterocycles. The van der Waals surface area contributed by atoms with E-state index in [4.69, 9.17) is 15.2 Å². The molecular formula is C13H24N2O3. The predicted octanol–water partition coefficient (Wildman–Crippen LogP) is 0.285. The lowest BCUT2D eigenvalue weighted by atomic mass is 9.79. The summed E-state index contributed by atoms with van der Waals surface area (Å²) in [4.78, 5) is 12.2. The molecule has 1 amide bonds. The molecule has 104 valence electrons. The Hall–Kier alpha value is -0.650. The van der Waals surface area contributed by atoms with Gasteiger partial charge in [-0.05, 0) is 31.6 Å². The highest BCUT2D eigenvalue weighted by Gasteiger charge is 2.38. The fraction of sp³-hybridized carbons (Fsp3) is 0.923. The zero-order chi connectivity index (χ0) is 12.8. The number of carbonyl (C=O) groups excluding carboxylic acids is 1. The number of nitrogens with two attached hydrogens (primary N) is 1. The molecule has 0 aromatic heterocycles. The van der Waals surface area contributed by atoms with Crippen molar-refractivity contribution in [2.45, 2.75) is 25.7 Å². The Bertz CT molecular complexity index is 273. The molecule has 0 unspecified atom stereocenters. The van der Waals surface area contributed by atoms with Crippen LogP contribution in [-0.2, 0) is 14.3 Å². The van der Waals surface area contributed by atoms with Gasteiger partial charge in [0.1, 0.15) is 0 Å². The molecule has 0 bridgehead atoms. The molecule has 0 atom stereocenters. The van der Waals surface area contributed by atoms with Gasteiger partial charge in [0, 0.05) is 32.9 Å². The fourth-order valence-corrected chi connectivity index (χ4v) is 2.24. The molecule has 2 fully saturated rings. The van der Waals surface area contributed by atoms with Gasteiger partial charge in [0.2, 0.25) is 5.91 Å². The summed E-state index contributed by atoms with van der Waals surface area (Å²) < 4.78 is 10.8. The van der Waals surface area contributed by atoms with Crippen molar-refractivity contribution in [2.24, 2.45) is 17.1 Å². The number of carbonyl (C=O) groups is 1. The van der Waals surface area contributed by atoms with Crippen LogP contribution in [0, 0.1) is 11.3 Å². The van der Waals surface area contributed by atoms with E-state index < -0.39 is 5.41 Å². The number of hydrogen-bond acceptors (Lipinski definition) is 4. The Morgan fingerprint density at radius 3 is 2.72 bits per heavy atom. The molecule has 0 spiro atoms. The standard InChI is InChI=1S/C13H24N2O3/c14-10-13(3-6-17-7-4-13)12(16)15-5-8-18-9-11-1-2-11/h11H,1-10,14H2,(H,15,16). The highest BCUT2D eigenvalue weighted by atomic mass is 16.5. The van der Waals surface area contributed by atoms with Gasteiger partial charge in [-0.25, -0.2) is 0 Å². The second-order valence-electron chi connectivity index (χ2n) is 5.37. The van der Waals surface area contributed by atoms with E-state index in [1.54, 1.807) is 0 Å². The van der Waals surface area contributed by atoms with Crippen LogP contribution in [0.4, 0.5) is 0 Å². The molecule has 5 nitrogen and oxygen atoms in total. The Morgan fingerprint density at radius 2 is 2.11 bits per heavy atom. The van der Waals surface area contributed by atoms with Gasteiger partial charge in [-0.2, -0.15) is 0 Å². The Kier molecular flexibility index (Phi) is 4.97. The van der Waals surface area contributed by atoms with E-state index in [1.165, 1.54) is 12.8 Å². The maximum Gasteiger partial charge on any atom is 0.227 e. The number of hydrogen-bond donors (Lipinski definition) is 2. The number of nitrogens with one attached hydrogen (secondary N) is 1. The van der Waals surface area contributed by atoms with Crippen LogP contribution in [0.25, 0.3) is 0 Å². The lowest BCUT2D eigenvalue weighted by Gasteiger charge is -2.34. The molecule has 0 aromatic rings. The van der Waals surface area contributed by atoms with Crippen molar-refractivity contribution in [3.63, 3.8) is 0 Å². The Balaban J connectivity index is 1.64. The van der Waals surface area contributed by atoms with E-state index in [9.17, 15) is 4.79 Å². The summed E-state index contributed by atoms with van der Waals surface area (Å²) in [5.41, 5.74) is 5.35. The van der Waals surface area contributed by atoms with Gasteiger partial charge in [0.25, 0.3) is 0 Å². The highest BCUT2D eigenvalue weighted by Crippen LogP contribution is 2.29. The summed E-state index contributed by atoms with van der Waals surface area (Å²) in [5.74, 6) is 0.829. The van der Waals surface area contributed by atoms with E-state index in [1.807, 2.05) is 0 Å². The van der Waals surface area contributed by atoms with Gasteiger partial charge in [0.05, 0.1) is 12.0 Å². The number of amides is 1. The maximum absolute atomic E-state index is 12.2. The molecule has 0 radical (unpaired) electrons. The first kappa shape index (κ1) is 13.8. The summed E-state index contributed by atoms with van der Waals surface area (Å²) in [6.07, 6.45) is 4.03. The SMILES string of the molecule is NCC1(C(=O)NCCOCC2CC2)CCOCC1. The lowest BCUT2D eigenvalue weighted by molar-refractivity contribution is -0.136. The largest absolute Gasteiger partial charge is 0.381 e. The van der Waals surface area contributed by atoms with E-state index in [0.29, 0.717) is 32.9 Å². The normalized spacial score (nSPS) is 22.7. The van der Waals surface area contributed by atoms with Crippen LogP contribution in [0.5, 0.6) is 0 Å². The van der Waals surface area contributed by atoms with Gasteiger partial charge in [-0.3, -0.25) is 4.79 Å². The minimum atomic E-state index is -0.422. The van der Waals surface area contributed by atoms with Gasteiger partial charge in [-0.15, -0.1) is 0 Å². The van der Waals surface area contributed by atoms with Crippen LogP contribution in [0.3, 0.4) is 0 Å². The zero-order valence-electron chi connectivity index (χ0n) is 11.0. The van der Waals surface area contributed by atoms with Crippen LogP contribution in [0.2, 0.25) is 0 Å². The van der Waals surface area contributed by atoms with Crippen LogP contribution >= 0.6 is 0 Å². The van der Waals surface area contributed by atoms with Gasteiger partial charge in [-0.1, -0.05) is 0 Å². The zero-order valence-corrected chi connectivity index (χ0v) is 11.0. The Morgan fingerprint density at radius 1 is 1.39 bits per heavy atom. The second kappa shape index (κ2) is 6.50. The first-order valence-electron chi connectivity index (χ1n) is 6.91. The maximum atomic E-state index is 12.2. The lowest BCUT2D eigenvalue weighted by Crippen LogP contribution is -2.49. The third-order valence-electron chi connectivity index (χ3n) is 3.90. The summed E-state index contributed by atoms with van der Waals surface area (Å²) in [5, 5.41) is 2.94. The fourth-order valence-electron chi connectivity index (χ4n) is 2.24. The van der Waals surface area contributed by atoms with Crippen molar-refractivity contribution in [2.75, 3.05) is 39.5 Å². The quantitative estimate of drug-likeness (QED) is 0.642. The van der Waals surface area contributed by atoms with Crippen LogP contribution in [0.15, 0.2) is 0 Å². The molecular weight excluding hydrogens is 232 g/mol. The molecule has 2 rings (SSSR count). The molecule has 1 aliphatic carbocycles. The third-order valence-corrected chi connectivity index (χ3v) is 3.90. The van der Waals surface area contributed by atoms with Crippen molar-refractivity contribution in [1.82, 2.24) is 5.32 Å². The molecule has 5 heteroatoms.